The maximum atomic E-state index is 12.2. The highest BCUT2D eigenvalue weighted by molar-refractivity contribution is 7.92. The second kappa shape index (κ2) is 7.07. The third kappa shape index (κ3) is 6.75. The van der Waals surface area contributed by atoms with Crippen LogP contribution in [0.25, 0.3) is 0 Å². The molecule has 1 atom stereocenters. The summed E-state index contributed by atoms with van der Waals surface area (Å²) in [5, 5.41) is 3.42. The van der Waals surface area contributed by atoms with Crippen molar-refractivity contribution in [2.75, 3.05) is 18.8 Å². The fourth-order valence-electron chi connectivity index (χ4n) is 1.90. The van der Waals surface area contributed by atoms with E-state index in [1.165, 1.54) is 0 Å². The molecule has 0 heterocycles. The summed E-state index contributed by atoms with van der Waals surface area (Å²) in [6, 6.07) is 0. The molecule has 1 N–H and O–H groups in total. The second-order valence-corrected chi connectivity index (χ2v) is 10.3. The molecular formula is C15H33NO2S. The Balaban J connectivity index is 4.60. The highest BCUT2D eigenvalue weighted by Crippen LogP contribution is 2.30. The van der Waals surface area contributed by atoms with E-state index in [-0.39, 0.29) is 11.2 Å². The number of nitrogens with one attached hydrogen (secondary N) is 1. The van der Waals surface area contributed by atoms with Crippen LogP contribution in [0.15, 0.2) is 0 Å². The molecule has 0 saturated heterocycles. The van der Waals surface area contributed by atoms with E-state index in [0.29, 0.717) is 5.92 Å². The molecule has 3 nitrogen and oxygen atoms in total. The molecular weight excluding hydrogens is 258 g/mol. The zero-order valence-corrected chi connectivity index (χ0v) is 14.7. The summed E-state index contributed by atoms with van der Waals surface area (Å²) < 4.78 is 23.7. The predicted molar refractivity (Wildman–Crippen MR) is 84.3 cm³/mol. The van der Waals surface area contributed by atoms with Gasteiger partial charge in [0.05, 0.1) is 10.5 Å². The van der Waals surface area contributed by atoms with Gasteiger partial charge in [-0.1, -0.05) is 27.7 Å². The summed E-state index contributed by atoms with van der Waals surface area (Å²) in [6.45, 7) is 16.0. The first-order valence-electron chi connectivity index (χ1n) is 7.35. The first kappa shape index (κ1) is 18.9. The highest BCUT2D eigenvalue weighted by atomic mass is 32.2. The lowest BCUT2D eigenvalue weighted by molar-refractivity contribution is 0.226. The Kier molecular flexibility index (Phi) is 7.04. The topological polar surface area (TPSA) is 46.2 Å². The molecule has 0 aromatic heterocycles. The van der Waals surface area contributed by atoms with Crippen molar-refractivity contribution in [2.45, 2.75) is 66.1 Å². The van der Waals surface area contributed by atoms with Crippen LogP contribution in [-0.2, 0) is 9.84 Å². The van der Waals surface area contributed by atoms with E-state index in [0.717, 1.165) is 25.9 Å². The fraction of sp³-hybridized carbons (Fsp3) is 1.00. The highest BCUT2D eigenvalue weighted by Gasteiger charge is 2.32. The van der Waals surface area contributed by atoms with Gasteiger partial charge >= 0.3 is 0 Å². The van der Waals surface area contributed by atoms with Crippen molar-refractivity contribution >= 4 is 9.84 Å². The van der Waals surface area contributed by atoms with Gasteiger partial charge in [-0.3, -0.25) is 0 Å². The number of hydrogen-bond donors (Lipinski definition) is 1. The van der Waals surface area contributed by atoms with Crippen LogP contribution >= 0.6 is 0 Å². The van der Waals surface area contributed by atoms with Gasteiger partial charge in [0.15, 0.2) is 9.84 Å². The summed E-state index contributed by atoms with van der Waals surface area (Å²) in [4.78, 5) is 0. The Bertz CT molecular complexity index is 347. The molecule has 0 aromatic carbocycles. The second-order valence-electron chi connectivity index (χ2n) is 7.49. The van der Waals surface area contributed by atoms with Crippen LogP contribution in [0.2, 0.25) is 0 Å². The van der Waals surface area contributed by atoms with Crippen molar-refractivity contribution in [1.29, 1.82) is 0 Å². The molecule has 0 radical (unpaired) electrons. The van der Waals surface area contributed by atoms with E-state index < -0.39 is 14.6 Å². The van der Waals surface area contributed by atoms with E-state index in [1.807, 2.05) is 0 Å². The normalized spacial score (nSPS) is 15.5. The first-order valence-corrected chi connectivity index (χ1v) is 9.00. The lowest BCUT2D eigenvalue weighted by Crippen LogP contribution is -2.36. The Morgan fingerprint density at radius 2 is 1.58 bits per heavy atom. The maximum absolute atomic E-state index is 12.2. The minimum absolute atomic E-state index is 0.133. The molecule has 0 aliphatic rings. The molecule has 0 aliphatic heterocycles. The van der Waals surface area contributed by atoms with E-state index in [4.69, 9.17) is 0 Å². The molecule has 0 rings (SSSR count). The Labute approximate surface area is 120 Å². The van der Waals surface area contributed by atoms with Crippen LogP contribution in [0.1, 0.15) is 61.3 Å². The fourth-order valence-corrected chi connectivity index (χ4v) is 3.11. The van der Waals surface area contributed by atoms with Crippen molar-refractivity contribution in [3.8, 4) is 0 Å². The van der Waals surface area contributed by atoms with Crippen LogP contribution in [-0.4, -0.2) is 32.0 Å². The molecule has 19 heavy (non-hydrogen) atoms. The minimum atomic E-state index is -3.01. The number of hydrogen-bond acceptors (Lipinski definition) is 3. The van der Waals surface area contributed by atoms with Crippen molar-refractivity contribution in [2.24, 2.45) is 11.3 Å². The van der Waals surface area contributed by atoms with E-state index >= 15 is 0 Å². The van der Waals surface area contributed by atoms with Gasteiger partial charge in [-0.2, -0.15) is 0 Å². The molecule has 0 aliphatic carbocycles. The van der Waals surface area contributed by atoms with Crippen LogP contribution < -0.4 is 5.32 Å². The zero-order chi connectivity index (χ0) is 15.3. The SMILES string of the molecule is CCCNCC(CCS(=O)(=O)C(C)(C)C)C(C)(C)C. The van der Waals surface area contributed by atoms with E-state index in [2.05, 4.69) is 33.0 Å². The summed E-state index contributed by atoms with van der Waals surface area (Å²) in [5.74, 6) is 0.669. The van der Waals surface area contributed by atoms with E-state index in [9.17, 15) is 8.42 Å². The quantitative estimate of drug-likeness (QED) is 0.732. The van der Waals surface area contributed by atoms with Gasteiger partial charge in [0.25, 0.3) is 0 Å². The number of rotatable bonds is 7. The van der Waals surface area contributed by atoms with Crippen LogP contribution in [0.3, 0.4) is 0 Å². The summed E-state index contributed by atoms with van der Waals surface area (Å²) in [6.07, 6.45) is 1.84. The third-order valence-corrected chi connectivity index (χ3v) is 6.35. The van der Waals surface area contributed by atoms with Crippen LogP contribution in [0, 0.1) is 11.3 Å². The lowest BCUT2D eigenvalue weighted by Gasteiger charge is -2.32. The largest absolute Gasteiger partial charge is 0.316 e. The van der Waals surface area contributed by atoms with Gasteiger partial charge in [-0.15, -0.1) is 0 Å². The maximum Gasteiger partial charge on any atom is 0.155 e. The third-order valence-electron chi connectivity index (χ3n) is 3.71. The molecule has 0 amide bonds. The summed E-state index contributed by atoms with van der Waals surface area (Å²) >= 11 is 0. The molecule has 0 bridgehead atoms. The van der Waals surface area contributed by atoms with Gasteiger partial charge in [0.1, 0.15) is 0 Å². The molecule has 1 unspecified atom stereocenters. The standard InChI is InChI=1S/C15H33NO2S/c1-8-10-16-12-13(14(2,3)4)9-11-19(17,18)15(5,6)7/h13,16H,8-12H2,1-7H3. The van der Waals surface area contributed by atoms with Gasteiger partial charge in [0, 0.05) is 0 Å². The lowest BCUT2D eigenvalue weighted by atomic mass is 9.79. The molecule has 4 heteroatoms. The summed E-state index contributed by atoms with van der Waals surface area (Å²) in [5.41, 5.74) is 0.133. The van der Waals surface area contributed by atoms with Crippen molar-refractivity contribution in [3.05, 3.63) is 0 Å². The van der Waals surface area contributed by atoms with Crippen molar-refractivity contribution in [1.82, 2.24) is 5.32 Å². The van der Waals surface area contributed by atoms with Gasteiger partial charge in [-0.05, 0) is 58.0 Å². The van der Waals surface area contributed by atoms with Gasteiger partial charge in [-0.25, -0.2) is 8.42 Å². The number of sulfone groups is 1. The monoisotopic (exact) mass is 291 g/mol. The molecule has 0 saturated carbocycles. The summed E-state index contributed by atoms with van der Waals surface area (Å²) in [7, 11) is -3.01. The van der Waals surface area contributed by atoms with Crippen LogP contribution in [0.4, 0.5) is 0 Å². The average molecular weight is 292 g/mol. The van der Waals surface area contributed by atoms with Crippen molar-refractivity contribution < 1.29 is 8.42 Å². The molecule has 0 fully saturated rings. The van der Waals surface area contributed by atoms with Crippen molar-refractivity contribution in [3.63, 3.8) is 0 Å². The molecule has 0 aromatic rings. The average Bonchev–Trinajstić information content (AvgIpc) is 2.19. The van der Waals surface area contributed by atoms with E-state index in [1.54, 1.807) is 20.8 Å². The van der Waals surface area contributed by atoms with Gasteiger partial charge in [0.2, 0.25) is 0 Å². The molecule has 0 spiro atoms. The molecule has 116 valence electrons. The van der Waals surface area contributed by atoms with Crippen LogP contribution in [0.5, 0.6) is 0 Å². The Morgan fingerprint density at radius 3 is 1.95 bits per heavy atom. The minimum Gasteiger partial charge on any atom is -0.316 e. The first-order chi connectivity index (χ1) is 8.42. The smallest absolute Gasteiger partial charge is 0.155 e. The predicted octanol–water partition coefficient (Wildman–Crippen LogP) is 3.25. The Morgan fingerprint density at radius 1 is 1.05 bits per heavy atom. The zero-order valence-electron chi connectivity index (χ0n) is 13.8. The Hall–Kier alpha value is -0.0900. The van der Waals surface area contributed by atoms with Gasteiger partial charge < -0.3 is 5.32 Å².